The molecule has 1 aromatic rings. The molecule has 0 fully saturated rings. The zero-order valence-electron chi connectivity index (χ0n) is 11.9. The Morgan fingerprint density at radius 3 is 2.55 bits per heavy atom. The van der Waals surface area contributed by atoms with E-state index in [1.165, 1.54) is 18.2 Å². The van der Waals surface area contributed by atoms with Gasteiger partial charge in [-0.25, -0.2) is 8.42 Å². The molecular weight excluding hydrogens is 310 g/mol. The summed E-state index contributed by atoms with van der Waals surface area (Å²) in [6, 6.07) is 4.01. The number of sulfonamides is 1. The summed E-state index contributed by atoms with van der Waals surface area (Å²) in [5.74, 6) is 0. The van der Waals surface area contributed by atoms with Crippen molar-refractivity contribution in [3.05, 3.63) is 57.5 Å². The highest BCUT2D eigenvalue weighted by molar-refractivity contribution is 7.89. The van der Waals surface area contributed by atoms with Gasteiger partial charge in [-0.05, 0) is 24.6 Å². The van der Waals surface area contributed by atoms with Crippen molar-refractivity contribution >= 4 is 15.7 Å². The summed E-state index contributed by atoms with van der Waals surface area (Å²) in [6.07, 6.45) is 1.41. The van der Waals surface area contributed by atoms with Crippen LogP contribution in [0, 0.1) is 10.1 Å². The van der Waals surface area contributed by atoms with E-state index in [1.807, 2.05) is 0 Å². The first-order valence-electron chi connectivity index (χ1n) is 6.22. The van der Waals surface area contributed by atoms with Gasteiger partial charge >= 0.3 is 0 Å². The van der Waals surface area contributed by atoms with Gasteiger partial charge in [-0.2, -0.15) is 4.31 Å². The maximum atomic E-state index is 12.6. The van der Waals surface area contributed by atoms with E-state index in [9.17, 15) is 18.5 Å². The number of nitrogens with zero attached hydrogens (tertiary/aromatic N) is 5. The number of hydrogen-bond donors (Lipinski definition) is 0. The van der Waals surface area contributed by atoms with E-state index < -0.39 is 21.0 Å². The third-order valence-corrected chi connectivity index (χ3v) is 4.86. The zero-order valence-corrected chi connectivity index (χ0v) is 12.7. The largest absolute Gasteiger partial charge is 0.269 e. The SMILES string of the molecule is C=CCN([C@@H](C)CN=[N+]=[N-])S(=O)(=O)c1ccc([N+](=O)[O-])cc1. The molecule has 0 N–H and O–H groups in total. The van der Waals surface area contributed by atoms with Gasteiger partial charge in [-0.3, -0.25) is 10.1 Å². The lowest BCUT2D eigenvalue weighted by Gasteiger charge is -2.26. The molecule has 0 aliphatic rings. The summed E-state index contributed by atoms with van der Waals surface area (Å²) in [5.41, 5.74) is 8.14. The van der Waals surface area contributed by atoms with Gasteiger partial charge in [-0.1, -0.05) is 11.2 Å². The van der Waals surface area contributed by atoms with Crippen molar-refractivity contribution in [2.24, 2.45) is 5.11 Å². The van der Waals surface area contributed by atoms with Crippen LogP contribution in [0.1, 0.15) is 6.92 Å². The summed E-state index contributed by atoms with van der Waals surface area (Å²) in [6.45, 7) is 5.11. The minimum absolute atomic E-state index is 0.0292. The molecule has 0 aromatic heterocycles. The molecule has 1 aromatic carbocycles. The van der Waals surface area contributed by atoms with Gasteiger partial charge in [0, 0.05) is 36.2 Å². The van der Waals surface area contributed by atoms with E-state index in [0.717, 1.165) is 16.4 Å². The fourth-order valence-corrected chi connectivity index (χ4v) is 3.36. The minimum Gasteiger partial charge on any atom is -0.258 e. The molecule has 0 saturated carbocycles. The normalized spacial score (nSPS) is 12.5. The highest BCUT2D eigenvalue weighted by Gasteiger charge is 2.28. The third kappa shape index (κ3) is 4.04. The van der Waals surface area contributed by atoms with Crippen LogP contribution in [-0.4, -0.2) is 36.8 Å². The number of nitro benzene ring substituents is 1. The molecule has 1 rings (SSSR count). The summed E-state index contributed by atoms with van der Waals surface area (Å²) in [4.78, 5) is 12.5. The molecule has 0 aliphatic carbocycles. The average Bonchev–Trinajstić information content (AvgIpc) is 2.50. The highest BCUT2D eigenvalue weighted by atomic mass is 32.2. The van der Waals surface area contributed by atoms with Crippen LogP contribution in [0.3, 0.4) is 0 Å². The van der Waals surface area contributed by atoms with Gasteiger partial charge in [0.1, 0.15) is 0 Å². The Bertz CT molecular complexity index is 695. The maximum Gasteiger partial charge on any atom is 0.269 e. The summed E-state index contributed by atoms with van der Waals surface area (Å²) >= 11 is 0. The molecule has 22 heavy (non-hydrogen) atoms. The Balaban J connectivity index is 3.17. The van der Waals surface area contributed by atoms with Gasteiger partial charge in [0.2, 0.25) is 10.0 Å². The molecule has 0 bridgehead atoms. The van der Waals surface area contributed by atoms with E-state index in [0.29, 0.717) is 0 Å². The highest BCUT2D eigenvalue weighted by Crippen LogP contribution is 2.21. The van der Waals surface area contributed by atoms with Crippen molar-refractivity contribution in [2.45, 2.75) is 17.9 Å². The lowest BCUT2D eigenvalue weighted by molar-refractivity contribution is -0.384. The second-order valence-electron chi connectivity index (χ2n) is 4.38. The molecule has 0 heterocycles. The molecule has 0 saturated heterocycles. The fourth-order valence-electron chi connectivity index (χ4n) is 1.76. The smallest absolute Gasteiger partial charge is 0.258 e. The van der Waals surface area contributed by atoms with Crippen molar-refractivity contribution in [1.82, 2.24) is 4.31 Å². The fraction of sp³-hybridized carbons (Fsp3) is 0.333. The summed E-state index contributed by atoms with van der Waals surface area (Å²) in [7, 11) is -3.88. The van der Waals surface area contributed by atoms with Gasteiger partial charge in [-0.15, -0.1) is 6.58 Å². The molecule has 0 amide bonds. The Morgan fingerprint density at radius 2 is 2.09 bits per heavy atom. The van der Waals surface area contributed by atoms with Gasteiger partial charge in [0.25, 0.3) is 5.69 Å². The van der Waals surface area contributed by atoms with Crippen LogP contribution in [0.15, 0.2) is 46.9 Å². The van der Waals surface area contributed by atoms with Crippen molar-refractivity contribution in [3.8, 4) is 0 Å². The first-order valence-corrected chi connectivity index (χ1v) is 7.66. The lowest BCUT2D eigenvalue weighted by Crippen LogP contribution is -2.40. The van der Waals surface area contributed by atoms with Gasteiger partial charge in [0.15, 0.2) is 0 Å². The van der Waals surface area contributed by atoms with Crippen LogP contribution in [0.4, 0.5) is 5.69 Å². The van der Waals surface area contributed by atoms with Crippen molar-refractivity contribution < 1.29 is 13.3 Å². The monoisotopic (exact) mass is 325 g/mol. The molecule has 0 spiro atoms. The lowest BCUT2D eigenvalue weighted by atomic mass is 10.3. The zero-order chi connectivity index (χ0) is 16.8. The Kier molecular flexibility index (Phi) is 6.05. The molecule has 0 radical (unpaired) electrons. The molecule has 1 atom stereocenters. The third-order valence-electron chi connectivity index (χ3n) is 2.86. The molecular formula is C12H15N5O4S. The quantitative estimate of drug-likeness (QED) is 0.181. The number of rotatable bonds is 8. The average molecular weight is 325 g/mol. The van der Waals surface area contributed by atoms with Crippen molar-refractivity contribution in [1.29, 1.82) is 0 Å². The number of hydrogen-bond acceptors (Lipinski definition) is 5. The van der Waals surface area contributed by atoms with E-state index in [1.54, 1.807) is 6.92 Å². The molecule has 118 valence electrons. The predicted octanol–water partition coefficient (Wildman–Crippen LogP) is 2.47. The van der Waals surface area contributed by atoms with E-state index in [-0.39, 0.29) is 23.7 Å². The molecule has 9 nitrogen and oxygen atoms in total. The number of nitro groups is 1. The minimum atomic E-state index is -3.88. The number of benzene rings is 1. The topological polar surface area (TPSA) is 129 Å². The first kappa shape index (κ1) is 17.6. The Hall–Kier alpha value is -2.42. The van der Waals surface area contributed by atoms with Crippen LogP contribution < -0.4 is 0 Å². The van der Waals surface area contributed by atoms with Crippen LogP contribution in [-0.2, 0) is 10.0 Å². The predicted molar refractivity (Wildman–Crippen MR) is 80.7 cm³/mol. The maximum absolute atomic E-state index is 12.6. The second kappa shape index (κ2) is 7.55. The van der Waals surface area contributed by atoms with Crippen molar-refractivity contribution in [3.63, 3.8) is 0 Å². The van der Waals surface area contributed by atoms with E-state index in [4.69, 9.17) is 5.53 Å². The van der Waals surface area contributed by atoms with Crippen molar-refractivity contribution in [2.75, 3.05) is 13.1 Å². The van der Waals surface area contributed by atoms with E-state index >= 15 is 0 Å². The second-order valence-corrected chi connectivity index (χ2v) is 6.27. The number of azide groups is 1. The van der Waals surface area contributed by atoms with Gasteiger partial charge < -0.3 is 0 Å². The first-order chi connectivity index (χ1) is 10.3. The van der Waals surface area contributed by atoms with E-state index in [2.05, 4.69) is 16.6 Å². The van der Waals surface area contributed by atoms with Crippen LogP contribution in [0.25, 0.3) is 10.4 Å². The van der Waals surface area contributed by atoms with Crippen LogP contribution >= 0.6 is 0 Å². The molecule has 10 heteroatoms. The van der Waals surface area contributed by atoms with Gasteiger partial charge in [0.05, 0.1) is 9.82 Å². The molecule has 0 aliphatic heterocycles. The summed E-state index contributed by atoms with van der Waals surface area (Å²) in [5, 5.41) is 14.0. The Morgan fingerprint density at radius 1 is 1.50 bits per heavy atom. The standard InChI is InChI=1S/C12H15N5O4S/c1-3-8-16(10(2)9-14-15-13)22(20,21)12-6-4-11(5-7-12)17(18)19/h3-7,10H,1,8-9H2,2H3/t10-/m0/s1. The van der Waals surface area contributed by atoms with Crippen LogP contribution in [0.2, 0.25) is 0 Å². The summed E-state index contributed by atoms with van der Waals surface area (Å²) < 4.78 is 26.3. The molecule has 0 unspecified atom stereocenters. The number of non-ortho nitro benzene ring substituents is 1. The van der Waals surface area contributed by atoms with Crippen LogP contribution in [0.5, 0.6) is 0 Å². The Labute approximate surface area is 127 Å².